The summed E-state index contributed by atoms with van der Waals surface area (Å²) in [5.74, 6) is 1.12. The molecule has 23 heavy (non-hydrogen) atoms. The minimum absolute atomic E-state index is 0.206. The van der Waals surface area contributed by atoms with Gasteiger partial charge in [-0.1, -0.05) is 6.08 Å². The van der Waals surface area contributed by atoms with Crippen LogP contribution in [0.25, 0.3) is 0 Å². The van der Waals surface area contributed by atoms with Crippen molar-refractivity contribution >= 4 is 17.3 Å². The number of anilines is 2. The van der Waals surface area contributed by atoms with Crippen LogP contribution in [0.2, 0.25) is 0 Å². The van der Waals surface area contributed by atoms with E-state index < -0.39 is 0 Å². The lowest BCUT2D eigenvalue weighted by atomic mass is 10.2. The molecule has 1 aromatic carbocycles. The summed E-state index contributed by atoms with van der Waals surface area (Å²) < 4.78 is 10.5. The molecule has 0 aliphatic heterocycles. The van der Waals surface area contributed by atoms with Crippen molar-refractivity contribution in [3.05, 3.63) is 54.9 Å². The van der Waals surface area contributed by atoms with Crippen LogP contribution >= 0.6 is 0 Å². The first kappa shape index (κ1) is 16.4. The Balaban J connectivity index is 2.20. The Labute approximate surface area is 135 Å². The fourth-order valence-corrected chi connectivity index (χ4v) is 1.96. The SMILES string of the molecule is C=CCNC(=O)c1cncc(Nc2ccc(OC)cc2OC)c1. The lowest BCUT2D eigenvalue weighted by Gasteiger charge is -2.13. The summed E-state index contributed by atoms with van der Waals surface area (Å²) in [6.07, 6.45) is 4.76. The Morgan fingerprint density at radius 2 is 2.09 bits per heavy atom. The van der Waals surface area contributed by atoms with Gasteiger partial charge in [-0.3, -0.25) is 9.78 Å². The molecule has 2 N–H and O–H groups in total. The molecule has 0 aliphatic rings. The molecule has 0 fully saturated rings. The highest BCUT2D eigenvalue weighted by atomic mass is 16.5. The number of methoxy groups -OCH3 is 2. The van der Waals surface area contributed by atoms with Gasteiger partial charge in [0, 0.05) is 18.8 Å². The number of carbonyl (C=O) groups is 1. The maximum atomic E-state index is 11.9. The average molecular weight is 313 g/mol. The quantitative estimate of drug-likeness (QED) is 0.769. The fourth-order valence-electron chi connectivity index (χ4n) is 1.96. The first-order valence-electron chi connectivity index (χ1n) is 7.01. The van der Waals surface area contributed by atoms with Gasteiger partial charge in [0.05, 0.1) is 37.4 Å². The molecule has 0 spiro atoms. The van der Waals surface area contributed by atoms with Gasteiger partial charge in [-0.2, -0.15) is 0 Å². The van der Waals surface area contributed by atoms with Crippen molar-refractivity contribution in [1.82, 2.24) is 10.3 Å². The van der Waals surface area contributed by atoms with Crippen molar-refractivity contribution in [2.45, 2.75) is 0 Å². The summed E-state index contributed by atoms with van der Waals surface area (Å²) in [6.45, 7) is 3.97. The summed E-state index contributed by atoms with van der Waals surface area (Å²) in [5.41, 5.74) is 1.89. The topological polar surface area (TPSA) is 72.5 Å². The van der Waals surface area contributed by atoms with Gasteiger partial charge >= 0.3 is 0 Å². The lowest BCUT2D eigenvalue weighted by Crippen LogP contribution is -2.23. The van der Waals surface area contributed by atoms with Crippen LogP contribution in [0, 0.1) is 0 Å². The third-order valence-corrected chi connectivity index (χ3v) is 3.10. The Bertz CT molecular complexity index is 701. The van der Waals surface area contributed by atoms with Crippen molar-refractivity contribution in [1.29, 1.82) is 0 Å². The van der Waals surface area contributed by atoms with Crippen LogP contribution in [0.1, 0.15) is 10.4 Å². The summed E-state index contributed by atoms with van der Waals surface area (Å²) in [7, 11) is 3.18. The smallest absolute Gasteiger partial charge is 0.253 e. The monoisotopic (exact) mass is 313 g/mol. The number of rotatable bonds is 7. The Hall–Kier alpha value is -3.02. The number of hydrogen-bond donors (Lipinski definition) is 2. The van der Waals surface area contributed by atoms with E-state index in [-0.39, 0.29) is 5.91 Å². The van der Waals surface area contributed by atoms with Gasteiger partial charge in [0.15, 0.2) is 0 Å². The molecule has 0 radical (unpaired) electrons. The molecule has 1 aromatic heterocycles. The molecule has 0 atom stereocenters. The van der Waals surface area contributed by atoms with Crippen molar-refractivity contribution in [2.24, 2.45) is 0 Å². The minimum Gasteiger partial charge on any atom is -0.497 e. The molecular weight excluding hydrogens is 294 g/mol. The zero-order valence-electron chi connectivity index (χ0n) is 13.1. The van der Waals surface area contributed by atoms with E-state index in [0.717, 1.165) is 5.69 Å². The highest BCUT2D eigenvalue weighted by molar-refractivity contribution is 5.95. The van der Waals surface area contributed by atoms with E-state index in [2.05, 4.69) is 22.2 Å². The number of benzene rings is 1. The van der Waals surface area contributed by atoms with Crippen LogP contribution in [0.15, 0.2) is 49.3 Å². The van der Waals surface area contributed by atoms with Crippen molar-refractivity contribution < 1.29 is 14.3 Å². The second-order valence-electron chi connectivity index (χ2n) is 4.65. The van der Waals surface area contributed by atoms with Gasteiger partial charge in [-0.15, -0.1) is 6.58 Å². The molecule has 6 nitrogen and oxygen atoms in total. The molecule has 0 bridgehead atoms. The summed E-state index contributed by atoms with van der Waals surface area (Å²) >= 11 is 0. The number of pyridine rings is 1. The van der Waals surface area contributed by atoms with Crippen LogP contribution in [0.3, 0.4) is 0 Å². The van der Waals surface area contributed by atoms with Crippen molar-refractivity contribution in [2.75, 3.05) is 26.1 Å². The number of nitrogens with one attached hydrogen (secondary N) is 2. The van der Waals surface area contributed by atoms with Gasteiger partial charge in [-0.05, 0) is 18.2 Å². The highest BCUT2D eigenvalue weighted by Crippen LogP contribution is 2.31. The Kier molecular flexibility index (Phi) is 5.57. The third-order valence-electron chi connectivity index (χ3n) is 3.10. The molecular formula is C17H19N3O3. The molecule has 2 rings (SSSR count). The second-order valence-corrected chi connectivity index (χ2v) is 4.65. The maximum Gasteiger partial charge on any atom is 0.253 e. The van der Waals surface area contributed by atoms with E-state index in [1.165, 1.54) is 6.20 Å². The number of amides is 1. The van der Waals surface area contributed by atoms with E-state index in [4.69, 9.17) is 9.47 Å². The molecule has 1 heterocycles. The largest absolute Gasteiger partial charge is 0.497 e. The number of hydrogen-bond acceptors (Lipinski definition) is 5. The minimum atomic E-state index is -0.206. The van der Waals surface area contributed by atoms with Crippen LogP contribution < -0.4 is 20.1 Å². The second kappa shape index (κ2) is 7.84. The molecule has 0 saturated heterocycles. The first-order chi connectivity index (χ1) is 11.2. The molecule has 2 aromatic rings. The predicted octanol–water partition coefficient (Wildman–Crippen LogP) is 2.76. The predicted molar refractivity (Wildman–Crippen MR) is 89.6 cm³/mol. The normalized spacial score (nSPS) is 9.83. The zero-order valence-corrected chi connectivity index (χ0v) is 13.1. The summed E-state index contributed by atoms with van der Waals surface area (Å²) in [4.78, 5) is 16.0. The number of aromatic nitrogens is 1. The van der Waals surface area contributed by atoms with E-state index in [0.29, 0.717) is 29.3 Å². The van der Waals surface area contributed by atoms with Crippen LogP contribution in [0.5, 0.6) is 11.5 Å². The molecule has 0 unspecified atom stereocenters. The third kappa shape index (κ3) is 4.23. The van der Waals surface area contributed by atoms with Crippen molar-refractivity contribution in [3.8, 4) is 11.5 Å². The fraction of sp³-hybridized carbons (Fsp3) is 0.176. The van der Waals surface area contributed by atoms with Crippen LogP contribution in [-0.2, 0) is 0 Å². The first-order valence-corrected chi connectivity index (χ1v) is 7.01. The standard InChI is InChI=1S/C17H19N3O3/c1-4-7-19-17(21)12-8-13(11-18-10-12)20-15-6-5-14(22-2)9-16(15)23-3/h4-6,8-11,20H,1,7H2,2-3H3,(H,19,21). The van der Waals surface area contributed by atoms with Crippen LogP contribution in [-0.4, -0.2) is 31.7 Å². The number of nitrogens with zero attached hydrogens (tertiary/aromatic N) is 1. The van der Waals surface area contributed by atoms with Gasteiger partial charge < -0.3 is 20.1 Å². The van der Waals surface area contributed by atoms with Gasteiger partial charge in [-0.25, -0.2) is 0 Å². The van der Waals surface area contributed by atoms with E-state index in [1.54, 1.807) is 38.6 Å². The Morgan fingerprint density at radius 3 is 2.78 bits per heavy atom. The van der Waals surface area contributed by atoms with Gasteiger partial charge in [0.1, 0.15) is 11.5 Å². The number of carbonyl (C=O) groups excluding carboxylic acids is 1. The average Bonchev–Trinajstić information content (AvgIpc) is 2.60. The van der Waals surface area contributed by atoms with E-state index in [9.17, 15) is 4.79 Å². The zero-order chi connectivity index (χ0) is 16.7. The summed E-state index contributed by atoms with van der Waals surface area (Å²) in [5, 5.41) is 5.89. The Morgan fingerprint density at radius 1 is 1.26 bits per heavy atom. The van der Waals surface area contributed by atoms with Crippen LogP contribution in [0.4, 0.5) is 11.4 Å². The number of ether oxygens (including phenoxy) is 2. The van der Waals surface area contributed by atoms with Gasteiger partial charge in [0.2, 0.25) is 0 Å². The lowest BCUT2D eigenvalue weighted by molar-refractivity contribution is 0.0957. The molecule has 0 saturated carbocycles. The van der Waals surface area contributed by atoms with E-state index in [1.807, 2.05) is 12.1 Å². The summed E-state index contributed by atoms with van der Waals surface area (Å²) in [6, 6.07) is 7.15. The molecule has 1 amide bonds. The van der Waals surface area contributed by atoms with Crippen molar-refractivity contribution in [3.63, 3.8) is 0 Å². The molecule has 6 heteroatoms. The molecule has 120 valence electrons. The van der Waals surface area contributed by atoms with E-state index >= 15 is 0 Å². The highest BCUT2D eigenvalue weighted by Gasteiger charge is 2.09. The molecule has 0 aliphatic carbocycles. The maximum absolute atomic E-state index is 11.9. The van der Waals surface area contributed by atoms with Gasteiger partial charge in [0.25, 0.3) is 5.91 Å².